The summed E-state index contributed by atoms with van der Waals surface area (Å²) in [5.74, 6) is 1.33. The summed E-state index contributed by atoms with van der Waals surface area (Å²) in [5.41, 5.74) is 3.62. The van der Waals surface area contributed by atoms with Gasteiger partial charge in [0, 0.05) is 31.5 Å². The van der Waals surface area contributed by atoms with Crippen LogP contribution in [0.2, 0.25) is 0 Å². The quantitative estimate of drug-likeness (QED) is 0.359. The summed E-state index contributed by atoms with van der Waals surface area (Å²) in [4.78, 5) is 40.8. The third-order valence-corrected chi connectivity index (χ3v) is 6.40. The molecule has 0 saturated carbocycles. The standard InChI is InChI=1S/C25H25N9O2/c1-2-11-33-23(35)19-15-28-24(29-18-7-6-16-8-9-26-14-17(16)13-18)31-22(19)34(33)21-5-3-4-20(30-21)32-12-10-27-25(32)36/h2-7,13,15,26H,1,8-12,14H2,(H,27,36)(H,28,29,31). The van der Waals surface area contributed by atoms with Gasteiger partial charge in [-0.25, -0.2) is 24.1 Å². The second-order valence-corrected chi connectivity index (χ2v) is 8.69. The predicted molar refractivity (Wildman–Crippen MR) is 137 cm³/mol. The van der Waals surface area contributed by atoms with Crippen molar-refractivity contribution in [1.82, 2.24) is 34.9 Å². The molecule has 4 aromatic rings. The molecule has 5 heterocycles. The lowest BCUT2D eigenvalue weighted by molar-refractivity contribution is 0.252. The number of benzene rings is 1. The molecule has 1 saturated heterocycles. The van der Waals surface area contributed by atoms with Gasteiger partial charge in [-0.2, -0.15) is 4.98 Å². The molecule has 2 aliphatic heterocycles. The van der Waals surface area contributed by atoms with Crippen molar-refractivity contribution >= 4 is 34.5 Å². The Morgan fingerprint density at radius 1 is 1.08 bits per heavy atom. The monoisotopic (exact) mass is 483 g/mol. The van der Waals surface area contributed by atoms with E-state index in [-0.39, 0.29) is 18.1 Å². The molecule has 36 heavy (non-hydrogen) atoms. The second kappa shape index (κ2) is 8.93. The van der Waals surface area contributed by atoms with Crippen LogP contribution in [-0.4, -0.2) is 50.0 Å². The first-order chi connectivity index (χ1) is 17.6. The van der Waals surface area contributed by atoms with Crippen molar-refractivity contribution in [2.45, 2.75) is 19.5 Å². The van der Waals surface area contributed by atoms with Crippen molar-refractivity contribution in [2.75, 3.05) is 29.9 Å². The third-order valence-electron chi connectivity index (χ3n) is 6.40. The molecule has 0 aliphatic carbocycles. The first-order valence-electron chi connectivity index (χ1n) is 11.8. The Hall–Kier alpha value is -4.51. The molecule has 1 fully saturated rings. The topological polar surface area (TPSA) is 122 Å². The minimum Gasteiger partial charge on any atom is -0.336 e. The summed E-state index contributed by atoms with van der Waals surface area (Å²) in [5, 5.41) is 9.80. The fraction of sp³-hybridized carbons (Fsp3) is 0.240. The number of nitrogens with one attached hydrogen (secondary N) is 3. The van der Waals surface area contributed by atoms with Gasteiger partial charge in [0.2, 0.25) is 5.95 Å². The number of carbonyl (C=O) groups excluding carboxylic acids is 1. The Kier molecular flexibility index (Phi) is 5.45. The zero-order valence-electron chi connectivity index (χ0n) is 19.6. The lowest BCUT2D eigenvalue weighted by atomic mass is 10.0. The number of anilines is 3. The molecule has 3 N–H and O–H groups in total. The lowest BCUT2D eigenvalue weighted by Gasteiger charge is -2.18. The largest absolute Gasteiger partial charge is 0.336 e. The molecule has 0 spiro atoms. The fourth-order valence-corrected chi connectivity index (χ4v) is 4.67. The zero-order chi connectivity index (χ0) is 24.6. The van der Waals surface area contributed by atoms with Gasteiger partial charge in [0.25, 0.3) is 5.56 Å². The van der Waals surface area contributed by atoms with E-state index in [9.17, 15) is 9.59 Å². The van der Waals surface area contributed by atoms with Gasteiger partial charge in [-0.05, 0) is 48.4 Å². The number of aromatic nitrogens is 5. The Labute approximate surface area is 206 Å². The molecule has 0 atom stereocenters. The van der Waals surface area contributed by atoms with E-state index in [1.54, 1.807) is 33.9 Å². The molecule has 3 aromatic heterocycles. The number of allylic oxidation sites excluding steroid dienone is 1. The first-order valence-corrected chi connectivity index (χ1v) is 11.8. The molecule has 2 aliphatic rings. The minimum absolute atomic E-state index is 0.199. The van der Waals surface area contributed by atoms with E-state index in [2.05, 4.69) is 44.6 Å². The van der Waals surface area contributed by atoms with Gasteiger partial charge in [-0.3, -0.25) is 9.69 Å². The number of rotatable bonds is 6. The molecular weight excluding hydrogens is 458 g/mol. The Balaban J connectivity index is 1.44. The summed E-state index contributed by atoms with van der Waals surface area (Å²) in [6.07, 6.45) is 4.18. The maximum absolute atomic E-state index is 13.2. The third kappa shape index (κ3) is 3.79. The number of amides is 2. The van der Waals surface area contributed by atoms with E-state index in [1.165, 1.54) is 22.0 Å². The number of hydrogen-bond donors (Lipinski definition) is 3. The van der Waals surface area contributed by atoms with Gasteiger partial charge >= 0.3 is 6.03 Å². The highest BCUT2D eigenvalue weighted by Crippen LogP contribution is 2.23. The van der Waals surface area contributed by atoms with E-state index in [0.29, 0.717) is 41.7 Å². The predicted octanol–water partition coefficient (Wildman–Crippen LogP) is 2.08. The van der Waals surface area contributed by atoms with Crippen LogP contribution in [0.25, 0.3) is 16.9 Å². The van der Waals surface area contributed by atoms with Crippen LogP contribution in [0.5, 0.6) is 0 Å². The van der Waals surface area contributed by atoms with E-state index in [4.69, 9.17) is 4.98 Å². The Morgan fingerprint density at radius 3 is 2.81 bits per heavy atom. The number of fused-ring (bicyclic) bond motifs is 2. The Morgan fingerprint density at radius 2 is 1.97 bits per heavy atom. The van der Waals surface area contributed by atoms with Gasteiger partial charge in [-0.1, -0.05) is 18.2 Å². The van der Waals surface area contributed by atoms with E-state index < -0.39 is 0 Å². The molecule has 0 unspecified atom stereocenters. The zero-order valence-corrected chi connectivity index (χ0v) is 19.6. The molecule has 6 rings (SSSR count). The van der Waals surface area contributed by atoms with Gasteiger partial charge in [0.1, 0.15) is 11.2 Å². The molecule has 11 nitrogen and oxygen atoms in total. The summed E-state index contributed by atoms with van der Waals surface area (Å²) in [6, 6.07) is 11.4. The van der Waals surface area contributed by atoms with Gasteiger partial charge in [0.05, 0.1) is 6.54 Å². The minimum atomic E-state index is -0.248. The average molecular weight is 484 g/mol. The molecule has 11 heteroatoms. The molecule has 0 radical (unpaired) electrons. The molecule has 182 valence electrons. The van der Waals surface area contributed by atoms with Crippen LogP contribution in [0.4, 0.5) is 22.2 Å². The van der Waals surface area contributed by atoms with Crippen LogP contribution in [0, 0.1) is 0 Å². The van der Waals surface area contributed by atoms with E-state index >= 15 is 0 Å². The number of urea groups is 1. The first kappa shape index (κ1) is 22.0. The van der Waals surface area contributed by atoms with Crippen LogP contribution in [-0.2, 0) is 19.5 Å². The van der Waals surface area contributed by atoms with E-state index in [0.717, 1.165) is 25.2 Å². The molecule has 1 aromatic carbocycles. The highest BCUT2D eigenvalue weighted by Gasteiger charge is 2.24. The van der Waals surface area contributed by atoms with Gasteiger partial charge in [0.15, 0.2) is 11.5 Å². The van der Waals surface area contributed by atoms with Crippen molar-refractivity contribution < 1.29 is 4.79 Å². The number of hydrogen-bond acceptors (Lipinski definition) is 7. The van der Waals surface area contributed by atoms with Crippen LogP contribution < -0.4 is 26.4 Å². The van der Waals surface area contributed by atoms with Gasteiger partial charge < -0.3 is 16.0 Å². The van der Waals surface area contributed by atoms with Crippen molar-refractivity contribution in [3.05, 3.63) is 76.7 Å². The average Bonchev–Trinajstić information content (AvgIpc) is 3.45. The Bertz CT molecular complexity index is 1560. The molecule has 0 bridgehead atoms. The number of carbonyl (C=O) groups is 1. The van der Waals surface area contributed by atoms with Crippen LogP contribution >= 0.6 is 0 Å². The maximum atomic E-state index is 13.2. The smallest absolute Gasteiger partial charge is 0.323 e. The van der Waals surface area contributed by atoms with Crippen LogP contribution in [0.15, 0.2) is 60.0 Å². The summed E-state index contributed by atoms with van der Waals surface area (Å²) in [7, 11) is 0. The van der Waals surface area contributed by atoms with E-state index in [1.807, 2.05) is 6.07 Å². The summed E-state index contributed by atoms with van der Waals surface area (Å²) in [6.45, 7) is 6.93. The number of pyridine rings is 1. The maximum Gasteiger partial charge on any atom is 0.323 e. The SMILES string of the molecule is C=CCn1c(=O)c2cnc(Nc3ccc4c(c3)CNCC4)nc2n1-c1cccc(N2CCNC2=O)n1. The van der Waals surface area contributed by atoms with Crippen molar-refractivity contribution in [1.29, 1.82) is 0 Å². The van der Waals surface area contributed by atoms with Crippen LogP contribution in [0.1, 0.15) is 11.1 Å². The van der Waals surface area contributed by atoms with Crippen molar-refractivity contribution in [3.63, 3.8) is 0 Å². The van der Waals surface area contributed by atoms with Crippen molar-refractivity contribution in [3.8, 4) is 5.82 Å². The highest BCUT2D eigenvalue weighted by molar-refractivity contribution is 5.93. The molecular formula is C25H25N9O2. The van der Waals surface area contributed by atoms with Gasteiger partial charge in [-0.15, -0.1) is 6.58 Å². The summed E-state index contributed by atoms with van der Waals surface area (Å²) >= 11 is 0. The van der Waals surface area contributed by atoms with Crippen molar-refractivity contribution in [2.24, 2.45) is 0 Å². The lowest BCUT2D eigenvalue weighted by Crippen LogP contribution is -2.29. The fourth-order valence-electron chi connectivity index (χ4n) is 4.67. The highest BCUT2D eigenvalue weighted by atomic mass is 16.2. The molecule has 2 amide bonds. The second-order valence-electron chi connectivity index (χ2n) is 8.69. The van der Waals surface area contributed by atoms with Crippen LogP contribution in [0.3, 0.4) is 0 Å². The normalized spacial score (nSPS) is 15.1. The number of nitrogens with zero attached hydrogens (tertiary/aromatic N) is 6. The summed E-state index contributed by atoms with van der Waals surface area (Å²) < 4.78 is 3.16.